The van der Waals surface area contributed by atoms with Crippen LogP contribution in [0, 0.1) is 5.82 Å². The maximum absolute atomic E-state index is 13.5. The lowest BCUT2D eigenvalue weighted by Gasteiger charge is -2.17. The summed E-state index contributed by atoms with van der Waals surface area (Å²) in [7, 11) is 0. The summed E-state index contributed by atoms with van der Waals surface area (Å²) in [4.78, 5) is 18.7. The number of amides is 1. The topological polar surface area (TPSA) is 75.4 Å². The van der Waals surface area contributed by atoms with E-state index in [9.17, 15) is 14.3 Å². The van der Waals surface area contributed by atoms with Crippen molar-refractivity contribution >= 4 is 24.4 Å². The molecule has 4 rings (SSSR count). The van der Waals surface area contributed by atoms with Gasteiger partial charge in [-0.15, -0.1) is 12.6 Å². The van der Waals surface area contributed by atoms with Gasteiger partial charge >= 0.3 is 0 Å². The molecule has 5 nitrogen and oxygen atoms in total. The Hall–Kier alpha value is -3.58. The first-order valence-electron chi connectivity index (χ1n) is 10.6. The molecule has 0 aliphatic rings. The summed E-state index contributed by atoms with van der Waals surface area (Å²) < 4.78 is 19.5. The van der Waals surface area contributed by atoms with Gasteiger partial charge in [-0.25, -0.2) is 9.37 Å². The van der Waals surface area contributed by atoms with Crippen molar-refractivity contribution in [2.45, 2.75) is 30.6 Å². The molecule has 0 aliphatic carbocycles. The largest absolute Gasteiger partial charge is 0.508 e. The van der Waals surface area contributed by atoms with Crippen molar-refractivity contribution in [3.63, 3.8) is 0 Å². The number of aromatic nitrogens is 1. The number of benzene rings is 3. The summed E-state index contributed by atoms with van der Waals surface area (Å²) in [6.07, 6.45) is 1.15. The molecule has 1 unspecified atom stereocenters. The molecule has 0 fully saturated rings. The molecule has 0 bridgehead atoms. The monoisotopic (exact) mass is 462 g/mol. The van der Waals surface area contributed by atoms with Gasteiger partial charge in [0, 0.05) is 27.7 Å². The van der Waals surface area contributed by atoms with Crippen LogP contribution in [0.4, 0.5) is 10.3 Å². The number of rotatable bonds is 7. The van der Waals surface area contributed by atoms with Crippen LogP contribution in [0.5, 0.6) is 5.75 Å². The van der Waals surface area contributed by atoms with E-state index in [4.69, 9.17) is 4.42 Å². The number of nitrogens with one attached hydrogen (secondary N) is 1. The molecule has 0 spiro atoms. The van der Waals surface area contributed by atoms with Gasteiger partial charge in [-0.05, 0) is 36.8 Å². The third-order valence-corrected chi connectivity index (χ3v) is 5.54. The molecule has 33 heavy (non-hydrogen) atoms. The van der Waals surface area contributed by atoms with Gasteiger partial charge in [0.15, 0.2) is 0 Å². The van der Waals surface area contributed by atoms with Gasteiger partial charge in [0.25, 0.3) is 0 Å². The molecule has 1 amide bonds. The third-order valence-electron chi connectivity index (χ3n) is 5.27. The minimum atomic E-state index is -0.690. The fraction of sp³-hybridized carbons (Fsp3) is 0.154. The predicted octanol–water partition coefficient (Wildman–Crippen LogP) is 6.66. The van der Waals surface area contributed by atoms with Crippen LogP contribution >= 0.6 is 12.6 Å². The van der Waals surface area contributed by atoms with Crippen molar-refractivity contribution < 1.29 is 18.7 Å². The number of hydrogen-bond donors (Lipinski definition) is 3. The van der Waals surface area contributed by atoms with Gasteiger partial charge in [0.2, 0.25) is 17.7 Å². The lowest BCUT2D eigenvalue weighted by Crippen LogP contribution is -2.21. The molecule has 3 aromatic carbocycles. The van der Waals surface area contributed by atoms with Crippen LogP contribution in [0.1, 0.15) is 31.2 Å². The third kappa shape index (κ3) is 5.09. The fourth-order valence-electron chi connectivity index (χ4n) is 3.68. The zero-order valence-electron chi connectivity index (χ0n) is 18.0. The van der Waals surface area contributed by atoms with E-state index in [-0.39, 0.29) is 17.5 Å². The maximum Gasteiger partial charge on any atom is 0.234 e. The maximum atomic E-state index is 13.5. The van der Waals surface area contributed by atoms with E-state index in [1.165, 1.54) is 12.1 Å². The Morgan fingerprint density at radius 2 is 1.85 bits per heavy atom. The van der Waals surface area contributed by atoms with Crippen molar-refractivity contribution in [2.75, 3.05) is 5.32 Å². The SMILES string of the molecule is CCCC(C(=O)Nc1oc(-c2ccccc2)nc1-c1cccc(S)c1)c1ccc(F)cc1O. The van der Waals surface area contributed by atoms with Crippen LogP contribution in [0.3, 0.4) is 0 Å². The molecular formula is C26H23FN2O3S. The Morgan fingerprint density at radius 3 is 2.55 bits per heavy atom. The number of nitrogens with zero attached hydrogens (tertiary/aromatic N) is 1. The Morgan fingerprint density at radius 1 is 1.09 bits per heavy atom. The number of oxazole rings is 1. The zero-order chi connectivity index (χ0) is 23.4. The first-order valence-corrected chi connectivity index (χ1v) is 11.1. The smallest absolute Gasteiger partial charge is 0.234 e. The molecule has 1 atom stereocenters. The molecule has 0 saturated carbocycles. The minimum Gasteiger partial charge on any atom is -0.508 e. The second-order valence-electron chi connectivity index (χ2n) is 7.65. The van der Waals surface area contributed by atoms with Gasteiger partial charge in [0.05, 0.1) is 5.92 Å². The second-order valence-corrected chi connectivity index (χ2v) is 8.16. The molecule has 1 aromatic heterocycles. The van der Waals surface area contributed by atoms with Crippen LogP contribution in [-0.4, -0.2) is 16.0 Å². The number of phenols is 1. The van der Waals surface area contributed by atoms with Crippen LogP contribution in [0.25, 0.3) is 22.7 Å². The van der Waals surface area contributed by atoms with Crippen molar-refractivity contribution in [2.24, 2.45) is 0 Å². The summed E-state index contributed by atoms with van der Waals surface area (Å²) in [5.74, 6) is -1.33. The molecule has 0 aliphatic heterocycles. The van der Waals surface area contributed by atoms with E-state index in [2.05, 4.69) is 22.9 Å². The average Bonchev–Trinajstić information content (AvgIpc) is 3.22. The molecule has 4 aromatic rings. The Bertz CT molecular complexity index is 1270. The van der Waals surface area contributed by atoms with Crippen LogP contribution in [0.15, 0.2) is 82.1 Å². The number of thiol groups is 1. The highest BCUT2D eigenvalue weighted by Gasteiger charge is 2.26. The van der Waals surface area contributed by atoms with E-state index in [0.29, 0.717) is 30.0 Å². The van der Waals surface area contributed by atoms with Gasteiger partial charge < -0.3 is 9.52 Å². The van der Waals surface area contributed by atoms with Gasteiger partial charge in [-0.1, -0.05) is 49.7 Å². The lowest BCUT2D eigenvalue weighted by atomic mass is 9.92. The van der Waals surface area contributed by atoms with E-state index < -0.39 is 11.7 Å². The highest BCUT2D eigenvalue weighted by atomic mass is 32.1. The van der Waals surface area contributed by atoms with Crippen LogP contribution in [0.2, 0.25) is 0 Å². The predicted molar refractivity (Wildman–Crippen MR) is 129 cm³/mol. The highest BCUT2D eigenvalue weighted by molar-refractivity contribution is 7.80. The van der Waals surface area contributed by atoms with Crippen LogP contribution in [-0.2, 0) is 4.79 Å². The summed E-state index contributed by atoms with van der Waals surface area (Å²) in [6, 6.07) is 20.4. The van der Waals surface area contributed by atoms with E-state index in [1.807, 2.05) is 61.5 Å². The van der Waals surface area contributed by atoms with Crippen molar-refractivity contribution in [3.05, 3.63) is 84.2 Å². The average molecular weight is 463 g/mol. The van der Waals surface area contributed by atoms with E-state index >= 15 is 0 Å². The quantitative estimate of drug-likeness (QED) is 0.268. The van der Waals surface area contributed by atoms with Crippen molar-refractivity contribution in [1.82, 2.24) is 4.98 Å². The number of anilines is 1. The zero-order valence-corrected chi connectivity index (χ0v) is 18.9. The fourth-order valence-corrected chi connectivity index (χ4v) is 3.91. The number of carbonyl (C=O) groups is 1. The van der Waals surface area contributed by atoms with E-state index in [1.54, 1.807) is 0 Å². The number of aromatic hydroxyl groups is 1. The number of phenolic OH excluding ortho intramolecular Hbond substituents is 1. The van der Waals surface area contributed by atoms with Crippen LogP contribution < -0.4 is 5.32 Å². The molecule has 0 saturated heterocycles. The van der Waals surface area contributed by atoms with Crippen molar-refractivity contribution in [3.8, 4) is 28.5 Å². The molecule has 1 heterocycles. The van der Waals surface area contributed by atoms with Gasteiger partial charge in [-0.3, -0.25) is 10.1 Å². The normalized spacial score (nSPS) is 11.8. The van der Waals surface area contributed by atoms with Gasteiger partial charge in [-0.2, -0.15) is 0 Å². The molecule has 7 heteroatoms. The summed E-state index contributed by atoms with van der Waals surface area (Å²) in [5, 5.41) is 13.1. The molecular weight excluding hydrogens is 439 g/mol. The number of halogens is 1. The summed E-state index contributed by atoms with van der Waals surface area (Å²) in [5.41, 5.74) is 2.33. The molecule has 0 radical (unpaired) electrons. The summed E-state index contributed by atoms with van der Waals surface area (Å²) >= 11 is 4.41. The molecule has 2 N–H and O–H groups in total. The van der Waals surface area contributed by atoms with E-state index in [0.717, 1.165) is 22.1 Å². The van der Waals surface area contributed by atoms with Crippen molar-refractivity contribution in [1.29, 1.82) is 0 Å². The number of hydrogen-bond acceptors (Lipinski definition) is 5. The Labute approximate surface area is 196 Å². The van der Waals surface area contributed by atoms with Gasteiger partial charge in [0.1, 0.15) is 17.3 Å². The number of carbonyl (C=O) groups excluding carboxylic acids is 1. The standard InChI is InChI=1S/C26H23FN2O3S/c1-2-7-21(20-13-12-18(27)15-22(20)30)24(31)29-26-23(17-10-6-11-19(33)14-17)28-25(32-26)16-8-4-3-5-9-16/h3-6,8-15,21,30,33H,2,7H2,1H3,(H,29,31). The second kappa shape index (κ2) is 9.92. The lowest BCUT2D eigenvalue weighted by molar-refractivity contribution is -0.117. The first-order chi connectivity index (χ1) is 16.0. The minimum absolute atomic E-state index is 0.195. The molecule has 168 valence electrons. The Kier molecular flexibility index (Phi) is 6.79. The first kappa shape index (κ1) is 22.6. The highest BCUT2D eigenvalue weighted by Crippen LogP contribution is 2.36. The summed E-state index contributed by atoms with van der Waals surface area (Å²) in [6.45, 7) is 1.94. The Balaban J connectivity index is 1.73.